The van der Waals surface area contributed by atoms with Crippen LogP contribution in [0.2, 0.25) is 0 Å². The summed E-state index contributed by atoms with van der Waals surface area (Å²) in [6.45, 7) is 14.7. The molecule has 2 fully saturated rings. The van der Waals surface area contributed by atoms with E-state index in [1.807, 2.05) is 0 Å². The van der Waals surface area contributed by atoms with Crippen LogP contribution in [-0.4, -0.2) is 0 Å². The van der Waals surface area contributed by atoms with Crippen molar-refractivity contribution in [1.82, 2.24) is 0 Å². The second kappa shape index (κ2) is 2.81. The molecular weight excluding hydrogens is 180 g/mol. The van der Waals surface area contributed by atoms with Crippen LogP contribution >= 0.6 is 0 Å². The Morgan fingerprint density at radius 1 is 0.733 bits per heavy atom. The SMILES string of the molecule is CC(C)(C)C1(C(C)(C)C)CC2(CCC2)C1. The molecule has 0 unspecified atom stereocenters. The summed E-state index contributed by atoms with van der Waals surface area (Å²) < 4.78 is 0. The minimum Gasteiger partial charge on any atom is -0.0596 e. The monoisotopic (exact) mass is 208 g/mol. The molecule has 0 N–H and O–H groups in total. The average molecular weight is 208 g/mol. The van der Waals surface area contributed by atoms with Crippen LogP contribution in [0.15, 0.2) is 0 Å². The fourth-order valence-corrected chi connectivity index (χ4v) is 4.44. The summed E-state index contributed by atoms with van der Waals surface area (Å²) in [7, 11) is 0. The second-order valence-corrected chi connectivity index (χ2v) is 8.29. The zero-order valence-electron chi connectivity index (χ0n) is 11.5. The molecule has 1 spiro atoms. The minimum absolute atomic E-state index is 0.464. The Hall–Kier alpha value is 0. The van der Waals surface area contributed by atoms with Gasteiger partial charge < -0.3 is 0 Å². The molecule has 0 saturated heterocycles. The van der Waals surface area contributed by atoms with Gasteiger partial charge in [-0.25, -0.2) is 0 Å². The molecule has 0 atom stereocenters. The molecule has 0 bridgehead atoms. The third-order valence-corrected chi connectivity index (χ3v) is 5.64. The summed E-state index contributed by atoms with van der Waals surface area (Å²) >= 11 is 0. The maximum atomic E-state index is 2.45. The van der Waals surface area contributed by atoms with Crippen molar-refractivity contribution in [3.8, 4) is 0 Å². The van der Waals surface area contributed by atoms with Gasteiger partial charge in [-0.2, -0.15) is 0 Å². The van der Waals surface area contributed by atoms with Crippen LogP contribution in [0.4, 0.5) is 0 Å². The lowest BCUT2D eigenvalue weighted by Gasteiger charge is -2.71. The molecule has 88 valence electrons. The molecule has 0 aromatic heterocycles. The van der Waals surface area contributed by atoms with Gasteiger partial charge in [-0.3, -0.25) is 0 Å². The quantitative estimate of drug-likeness (QED) is 0.524. The standard InChI is InChI=1S/C15H28/c1-12(2,3)15(13(4,5)6)10-14(11-15)8-7-9-14/h7-11H2,1-6H3. The molecule has 0 amide bonds. The van der Waals surface area contributed by atoms with E-state index in [0.717, 1.165) is 5.41 Å². The molecule has 0 nitrogen and oxygen atoms in total. The molecular formula is C15H28. The van der Waals surface area contributed by atoms with Crippen LogP contribution < -0.4 is 0 Å². The van der Waals surface area contributed by atoms with Gasteiger partial charge in [0.2, 0.25) is 0 Å². The van der Waals surface area contributed by atoms with Crippen LogP contribution in [0, 0.1) is 21.7 Å². The molecule has 2 saturated carbocycles. The van der Waals surface area contributed by atoms with Gasteiger partial charge >= 0.3 is 0 Å². The lowest BCUT2D eigenvalue weighted by atomic mass is 9.34. The summed E-state index contributed by atoms with van der Waals surface area (Å²) in [5, 5.41) is 0. The first-order chi connectivity index (χ1) is 6.62. The van der Waals surface area contributed by atoms with E-state index in [2.05, 4.69) is 41.5 Å². The van der Waals surface area contributed by atoms with Gasteiger partial charge in [0, 0.05) is 0 Å². The highest BCUT2D eigenvalue weighted by Crippen LogP contribution is 2.74. The van der Waals surface area contributed by atoms with Crippen molar-refractivity contribution in [2.24, 2.45) is 21.7 Å². The third kappa shape index (κ3) is 1.40. The van der Waals surface area contributed by atoms with Crippen LogP contribution in [0.5, 0.6) is 0 Å². The topological polar surface area (TPSA) is 0 Å². The smallest absolute Gasteiger partial charge is 0.0190 e. The maximum absolute atomic E-state index is 2.45. The molecule has 2 rings (SSSR count). The highest BCUT2D eigenvalue weighted by molar-refractivity contribution is 5.14. The van der Waals surface area contributed by atoms with Crippen molar-refractivity contribution in [3.63, 3.8) is 0 Å². The van der Waals surface area contributed by atoms with Crippen molar-refractivity contribution in [3.05, 3.63) is 0 Å². The first-order valence-electron chi connectivity index (χ1n) is 6.62. The fourth-order valence-electron chi connectivity index (χ4n) is 4.44. The first-order valence-corrected chi connectivity index (χ1v) is 6.62. The summed E-state index contributed by atoms with van der Waals surface area (Å²) in [6.07, 6.45) is 7.51. The maximum Gasteiger partial charge on any atom is -0.0190 e. The fraction of sp³-hybridized carbons (Fsp3) is 1.00. The third-order valence-electron chi connectivity index (χ3n) is 5.64. The first kappa shape index (κ1) is 11.5. The van der Waals surface area contributed by atoms with E-state index < -0.39 is 0 Å². The van der Waals surface area contributed by atoms with Crippen molar-refractivity contribution >= 4 is 0 Å². The summed E-state index contributed by atoms with van der Waals surface area (Å²) in [4.78, 5) is 0. The Morgan fingerprint density at radius 3 is 1.33 bits per heavy atom. The van der Waals surface area contributed by atoms with Gasteiger partial charge in [0.05, 0.1) is 0 Å². The molecule has 0 aliphatic heterocycles. The van der Waals surface area contributed by atoms with E-state index in [9.17, 15) is 0 Å². The molecule has 2 aliphatic rings. The van der Waals surface area contributed by atoms with Crippen LogP contribution in [0.25, 0.3) is 0 Å². The molecule has 0 heteroatoms. The molecule has 2 aliphatic carbocycles. The van der Waals surface area contributed by atoms with E-state index >= 15 is 0 Å². The van der Waals surface area contributed by atoms with E-state index in [4.69, 9.17) is 0 Å². The predicted octanol–water partition coefficient (Wildman–Crippen LogP) is 5.03. The van der Waals surface area contributed by atoms with Crippen molar-refractivity contribution < 1.29 is 0 Å². The highest BCUT2D eigenvalue weighted by atomic mass is 14.7. The van der Waals surface area contributed by atoms with Crippen LogP contribution in [0.1, 0.15) is 73.6 Å². The van der Waals surface area contributed by atoms with Gasteiger partial charge in [-0.1, -0.05) is 48.0 Å². The number of rotatable bonds is 0. The number of hydrogen-bond acceptors (Lipinski definition) is 0. The van der Waals surface area contributed by atoms with Crippen molar-refractivity contribution in [2.75, 3.05) is 0 Å². The summed E-state index contributed by atoms with van der Waals surface area (Å²) in [5.41, 5.74) is 2.30. The van der Waals surface area contributed by atoms with Gasteiger partial charge in [0.1, 0.15) is 0 Å². The Labute approximate surface area is 95.8 Å². The normalized spacial score (nSPS) is 28.4. The van der Waals surface area contributed by atoms with Crippen molar-refractivity contribution in [1.29, 1.82) is 0 Å². The Morgan fingerprint density at radius 2 is 1.13 bits per heavy atom. The molecule has 15 heavy (non-hydrogen) atoms. The van der Waals surface area contributed by atoms with Gasteiger partial charge in [-0.05, 0) is 47.3 Å². The lowest BCUT2D eigenvalue weighted by Crippen LogP contribution is -2.61. The Kier molecular flexibility index (Phi) is 2.15. The van der Waals surface area contributed by atoms with Gasteiger partial charge in [0.15, 0.2) is 0 Å². The van der Waals surface area contributed by atoms with Crippen molar-refractivity contribution in [2.45, 2.75) is 73.6 Å². The highest BCUT2D eigenvalue weighted by Gasteiger charge is 2.65. The largest absolute Gasteiger partial charge is 0.0596 e. The van der Waals surface area contributed by atoms with E-state index in [1.54, 1.807) is 0 Å². The average Bonchev–Trinajstić information content (AvgIpc) is 1.71. The van der Waals surface area contributed by atoms with E-state index in [-0.39, 0.29) is 0 Å². The zero-order chi connectivity index (χ0) is 11.5. The van der Waals surface area contributed by atoms with Gasteiger partial charge in [0.25, 0.3) is 0 Å². The van der Waals surface area contributed by atoms with E-state index in [0.29, 0.717) is 16.2 Å². The van der Waals surface area contributed by atoms with E-state index in [1.165, 1.54) is 32.1 Å². The molecule has 0 aromatic carbocycles. The lowest BCUT2D eigenvalue weighted by molar-refractivity contribution is -0.209. The molecule has 0 radical (unpaired) electrons. The summed E-state index contributed by atoms with van der Waals surface area (Å²) in [6, 6.07) is 0. The number of hydrogen-bond donors (Lipinski definition) is 0. The van der Waals surface area contributed by atoms with Crippen LogP contribution in [0.3, 0.4) is 0 Å². The Balaban J connectivity index is 2.22. The minimum atomic E-state index is 0.464. The second-order valence-electron chi connectivity index (χ2n) is 8.29. The predicted molar refractivity (Wildman–Crippen MR) is 66.9 cm³/mol. The van der Waals surface area contributed by atoms with Crippen LogP contribution in [-0.2, 0) is 0 Å². The molecule has 0 aromatic rings. The Bertz CT molecular complexity index is 231. The molecule has 0 heterocycles. The zero-order valence-corrected chi connectivity index (χ0v) is 11.5. The summed E-state index contributed by atoms with van der Waals surface area (Å²) in [5.74, 6) is 0. The van der Waals surface area contributed by atoms with Gasteiger partial charge in [-0.15, -0.1) is 0 Å².